The molecule has 0 aliphatic rings. The van der Waals surface area contributed by atoms with E-state index in [1.165, 1.54) is 11.8 Å². The monoisotopic (exact) mass is 472 g/mol. The number of hydrazone groups is 1. The highest BCUT2D eigenvalue weighted by molar-refractivity contribution is 6.39. The van der Waals surface area contributed by atoms with Crippen LogP contribution < -0.4 is 20.8 Å². The van der Waals surface area contributed by atoms with Gasteiger partial charge in [0, 0.05) is 11.4 Å². The lowest BCUT2D eigenvalue weighted by Crippen LogP contribution is -2.32. The Balaban J connectivity index is 1.48. The third kappa shape index (κ3) is 7.82. The fourth-order valence-electron chi connectivity index (χ4n) is 3.20. The summed E-state index contributed by atoms with van der Waals surface area (Å²) in [5.41, 5.74) is 6.24. The quantitative estimate of drug-likeness (QED) is 0.249. The van der Waals surface area contributed by atoms with E-state index in [0.717, 1.165) is 18.4 Å². The highest BCUT2D eigenvalue weighted by Crippen LogP contribution is 2.15. The summed E-state index contributed by atoms with van der Waals surface area (Å²) in [4.78, 5) is 36.4. The molecule has 8 nitrogen and oxygen atoms in total. The Kier molecular flexibility index (Phi) is 9.13. The Morgan fingerprint density at radius 2 is 1.63 bits per heavy atom. The average Bonchev–Trinajstić information content (AvgIpc) is 2.88. The molecule has 0 bridgehead atoms. The van der Waals surface area contributed by atoms with Crippen molar-refractivity contribution < 1.29 is 19.1 Å². The number of benzene rings is 3. The Bertz CT molecular complexity index is 1210. The van der Waals surface area contributed by atoms with Gasteiger partial charge in [-0.15, -0.1) is 0 Å². The molecule has 0 aromatic heterocycles. The van der Waals surface area contributed by atoms with Crippen LogP contribution in [0.25, 0.3) is 0 Å². The van der Waals surface area contributed by atoms with Crippen LogP contribution >= 0.6 is 0 Å². The van der Waals surface area contributed by atoms with Crippen molar-refractivity contribution >= 4 is 35.3 Å². The van der Waals surface area contributed by atoms with Crippen LogP contribution in [0.2, 0.25) is 0 Å². The molecule has 0 aliphatic heterocycles. The molecule has 3 rings (SSSR count). The van der Waals surface area contributed by atoms with E-state index in [4.69, 9.17) is 4.74 Å². The number of amides is 3. The summed E-state index contributed by atoms with van der Waals surface area (Å²) >= 11 is 0. The van der Waals surface area contributed by atoms with E-state index in [-0.39, 0.29) is 12.5 Å². The van der Waals surface area contributed by atoms with Gasteiger partial charge in [-0.25, -0.2) is 5.43 Å². The van der Waals surface area contributed by atoms with Gasteiger partial charge in [0.2, 0.25) is 0 Å². The van der Waals surface area contributed by atoms with Crippen LogP contribution in [-0.2, 0) is 27.2 Å². The maximum Gasteiger partial charge on any atom is 0.329 e. The third-order valence-electron chi connectivity index (χ3n) is 5.11. The number of carbonyl (C=O) groups excluding carboxylic acids is 3. The third-order valence-corrected chi connectivity index (χ3v) is 5.11. The smallest absolute Gasteiger partial charge is 0.329 e. The van der Waals surface area contributed by atoms with Crippen molar-refractivity contribution in [2.45, 2.75) is 26.7 Å². The molecular weight excluding hydrogens is 444 g/mol. The van der Waals surface area contributed by atoms with E-state index in [1.54, 1.807) is 36.4 Å². The number of aryl methyl sites for hydroxylation is 2. The zero-order valence-electron chi connectivity index (χ0n) is 19.7. The van der Waals surface area contributed by atoms with Gasteiger partial charge >= 0.3 is 11.8 Å². The number of anilines is 2. The minimum Gasteiger partial charge on any atom is -0.484 e. The molecule has 3 aromatic rings. The first-order valence-corrected chi connectivity index (χ1v) is 11.3. The van der Waals surface area contributed by atoms with Gasteiger partial charge in [0.1, 0.15) is 5.75 Å². The molecule has 0 saturated carbocycles. The zero-order chi connectivity index (χ0) is 25.0. The van der Waals surface area contributed by atoms with Crippen molar-refractivity contribution in [2.75, 3.05) is 17.2 Å². The fraction of sp³-hybridized carbons (Fsp3) is 0.185. The number of carbonyl (C=O) groups is 3. The van der Waals surface area contributed by atoms with Gasteiger partial charge in [0.25, 0.3) is 5.91 Å². The average molecular weight is 473 g/mol. The van der Waals surface area contributed by atoms with Crippen molar-refractivity contribution in [3.8, 4) is 5.75 Å². The molecule has 0 spiro atoms. The standard InChI is InChI=1S/C27H28N4O4/c1-3-19-12-14-22(15-13-19)29-25(32)18-35-23-10-7-8-20(16-23)17-28-31-27(34)26(33)30-24-11-6-5-9-21(24)4-2/h5-17H,3-4,18H2,1-2H3,(H,29,32)(H,30,33)(H,31,34)/b28-17-. The molecule has 0 aliphatic carbocycles. The minimum absolute atomic E-state index is 0.160. The first-order valence-electron chi connectivity index (χ1n) is 11.3. The number of nitrogens with one attached hydrogen (secondary N) is 3. The summed E-state index contributed by atoms with van der Waals surface area (Å²) < 4.78 is 5.55. The van der Waals surface area contributed by atoms with Gasteiger partial charge in [-0.1, -0.05) is 56.3 Å². The van der Waals surface area contributed by atoms with Gasteiger partial charge in [-0.05, 0) is 59.9 Å². The summed E-state index contributed by atoms with van der Waals surface area (Å²) in [5.74, 6) is -1.51. The van der Waals surface area contributed by atoms with Crippen LogP contribution in [0.1, 0.15) is 30.5 Å². The predicted octanol–water partition coefficient (Wildman–Crippen LogP) is 3.92. The number of hydrogen-bond donors (Lipinski definition) is 3. The zero-order valence-corrected chi connectivity index (χ0v) is 19.7. The van der Waals surface area contributed by atoms with E-state index >= 15 is 0 Å². The van der Waals surface area contributed by atoms with E-state index < -0.39 is 11.8 Å². The van der Waals surface area contributed by atoms with Crippen LogP contribution in [0.4, 0.5) is 11.4 Å². The molecule has 0 heterocycles. The maximum atomic E-state index is 12.2. The fourth-order valence-corrected chi connectivity index (χ4v) is 3.20. The van der Waals surface area contributed by atoms with E-state index in [2.05, 4.69) is 28.1 Å². The molecular formula is C27H28N4O4. The molecule has 0 unspecified atom stereocenters. The van der Waals surface area contributed by atoms with Crippen LogP contribution in [0.15, 0.2) is 77.9 Å². The molecule has 0 radical (unpaired) electrons. The van der Waals surface area contributed by atoms with Gasteiger partial charge < -0.3 is 15.4 Å². The van der Waals surface area contributed by atoms with E-state index in [0.29, 0.717) is 22.7 Å². The second-order valence-corrected chi connectivity index (χ2v) is 7.62. The summed E-state index contributed by atoms with van der Waals surface area (Å²) in [6.07, 6.45) is 3.04. The SMILES string of the molecule is CCc1ccc(NC(=O)COc2cccc(/C=N\NC(=O)C(=O)Nc3ccccc3CC)c2)cc1. The lowest BCUT2D eigenvalue weighted by molar-refractivity contribution is -0.136. The Hall–Kier alpha value is -4.46. The van der Waals surface area contributed by atoms with Crippen molar-refractivity contribution in [3.05, 3.63) is 89.5 Å². The Morgan fingerprint density at radius 1 is 0.857 bits per heavy atom. The maximum absolute atomic E-state index is 12.2. The van der Waals surface area contributed by atoms with Crippen molar-refractivity contribution in [1.82, 2.24) is 5.43 Å². The summed E-state index contributed by atoms with van der Waals surface area (Å²) in [5, 5.41) is 9.20. The largest absolute Gasteiger partial charge is 0.484 e. The molecule has 35 heavy (non-hydrogen) atoms. The Labute approximate surface area is 204 Å². The van der Waals surface area contributed by atoms with Gasteiger partial charge in [-0.3, -0.25) is 14.4 Å². The van der Waals surface area contributed by atoms with E-state index in [9.17, 15) is 14.4 Å². The number of rotatable bonds is 9. The molecule has 180 valence electrons. The number of para-hydroxylation sites is 1. The van der Waals surface area contributed by atoms with Crippen LogP contribution in [0.5, 0.6) is 5.75 Å². The first-order chi connectivity index (χ1) is 17.0. The topological polar surface area (TPSA) is 109 Å². The molecule has 3 aromatic carbocycles. The highest BCUT2D eigenvalue weighted by Gasteiger charge is 2.14. The van der Waals surface area contributed by atoms with Crippen molar-refractivity contribution in [3.63, 3.8) is 0 Å². The Morgan fingerprint density at radius 3 is 2.37 bits per heavy atom. The first kappa shape index (κ1) is 25.2. The lowest BCUT2D eigenvalue weighted by atomic mass is 10.1. The second-order valence-electron chi connectivity index (χ2n) is 7.62. The number of ether oxygens (including phenoxy) is 1. The normalized spacial score (nSPS) is 10.6. The van der Waals surface area contributed by atoms with Crippen molar-refractivity contribution in [1.29, 1.82) is 0 Å². The van der Waals surface area contributed by atoms with Crippen LogP contribution in [-0.4, -0.2) is 30.5 Å². The predicted molar refractivity (Wildman–Crippen MR) is 137 cm³/mol. The molecule has 0 atom stereocenters. The molecule has 0 fully saturated rings. The van der Waals surface area contributed by atoms with Crippen LogP contribution in [0, 0.1) is 0 Å². The molecule has 3 amide bonds. The summed E-state index contributed by atoms with van der Waals surface area (Å²) in [6.45, 7) is 3.87. The number of hydrogen-bond acceptors (Lipinski definition) is 5. The van der Waals surface area contributed by atoms with Crippen LogP contribution in [0.3, 0.4) is 0 Å². The summed E-state index contributed by atoms with van der Waals surface area (Å²) in [7, 11) is 0. The highest BCUT2D eigenvalue weighted by atomic mass is 16.5. The second kappa shape index (κ2) is 12.7. The number of nitrogens with zero attached hydrogens (tertiary/aromatic N) is 1. The molecule has 8 heteroatoms. The molecule has 3 N–H and O–H groups in total. The van der Waals surface area contributed by atoms with Gasteiger partial charge in [0.15, 0.2) is 6.61 Å². The lowest BCUT2D eigenvalue weighted by Gasteiger charge is -2.09. The van der Waals surface area contributed by atoms with Crippen molar-refractivity contribution in [2.24, 2.45) is 5.10 Å². The van der Waals surface area contributed by atoms with Gasteiger partial charge in [-0.2, -0.15) is 5.10 Å². The van der Waals surface area contributed by atoms with E-state index in [1.807, 2.05) is 43.3 Å². The minimum atomic E-state index is -0.886. The molecule has 0 saturated heterocycles. The summed E-state index contributed by atoms with van der Waals surface area (Å²) in [6, 6.07) is 21.8. The van der Waals surface area contributed by atoms with Gasteiger partial charge in [0.05, 0.1) is 6.21 Å².